The number of benzene rings is 1. The van der Waals surface area contributed by atoms with Crippen LogP contribution in [0.25, 0.3) is 0 Å². The van der Waals surface area contributed by atoms with Crippen molar-refractivity contribution in [3.05, 3.63) is 59.7 Å². The van der Waals surface area contributed by atoms with Crippen LogP contribution < -0.4 is 4.90 Å². The van der Waals surface area contributed by atoms with Gasteiger partial charge in [0.15, 0.2) is 0 Å². The van der Waals surface area contributed by atoms with Crippen molar-refractivity contribution < 1.29 is 29.3 Å². The SMILES string of the molecule is O=C(O)c1cc(N2CC[C@H](O)[C@](Cc3cccc(F)c3)(C(=O)O)C2)ccn1. The smallest absolute Gasteiger partial charge is 0.354 e. The number of nitrogens with zero attached hydrogens (tertiary/aromatic N) is 2. The third-order valence-corrected chi connectivity index (χ3v) is 4.95. The molecule has 0 aliphatic carbocycles. The number of carbonyl (C=O) groups is 2. The van der Waals surface area contributed by atoms with Crippen molar-refractivity contribution in [2.75, 3.05) is 18.0 Å². The van der Waals surface area contributed by atoms with Crippen molar-refractivity contribution in [3.63, 3.8) is 0 Å². The first kappa shape index (κ1) is 18.8. The molecule has 0 radical (unpaired) electrons. The van der Waals surface area contributed by atoms with Gasteiger partial charge in [0, 0.05) is 25.0 Å². The second kappa shape index (κ2) is 7.32. The van der Waals surface area contributed by atoms with Gasteiger partial charge < -0.3 is 20.2 Å². The van der Waals surface area contributed by atoms with Gasteiger partial charge >= 0.3 is 11.9 Å². The number of aromatic carboxylic acids is 1. The lowest BCUT2D eigenvalue weighted by Crippen LogP contribution is -2.57. The number of hydrogen-bond acceptors (Lipinski definition) is 5. The Morgan fingerprint density at radius 1 is 1.26 bits per heavy atom. The molecule has 0 spiro atoms. The van der Waals surface area contributed by atoms with Crippen LogP contribution in [-0.2, 0) is 11.2 Å². The molecule has 1 aromatic heterocycles. The summed E-state index contributed by atoms with van der Waals surface area (Å²) in [4.78, 5) is 28.8. The molecular formula is C19H19FN2O5. The minimum Gasteiger partial charge on any atom is -0.481 e. The van der Waals surface area contributed by atoms with Gasteiger partial charge in [0.1, 0.15) is 16.9 Å². The van der Waals surface area contributed by atoms with Gasteiger partial charge in [-0.2, -0.15) is 0 Å². The molecule has 0 amide bonds. The number of carboxylic acids is 2. The van der Waals surface area contributed by atoms with Crippen LogP contribution in [0.3, 0.4) is 0 Å². The Bertz CT molecular complexity index is 875. The van der Waals surface area contributed by atoms with Crippen molar-refractivity contribution in [2.24, 2.45) is 5.41 Å². The summed E-state index contributed by atoms with van der Waals surface area (Å²) < 4.78 is 13.5. The average Bonchev–Trinajstić information content (AvgIpc) is 2.63. The summed E-state index contributed by atoms with van der Waals surface area (Å²) >= 11 is 0. The monoisotopic (exact) mass is 374 g/mol. The molecule has 2 aromatic rings. The van der Waals surface area contributed by atoms with E-state index in [9.17, 15) is 24.2 Å². The van der Waals surface area contributed by atoms with Crippen LogP contribution in [0.15, 0.2) is 42.6 Å². The molecule has 1 fully saturated rings. The van der Waals surface area contributed by atoms with E-state index in [1.165, 1.54) is 30.5 Å². The van der Waals surface area contributed by atoms with Gasteiger partial charge in [0.05, 0.1) is 6.10 Å². The van der Waals surface area contributed by atoms with E-state index in [2.05, 4.69) is 4.98 Å². The first-order valence-corrected chi connectivity index (χ1v) is 8.42. The number of hydrogen-bond donors (Lipinski definition) is 3. The predicted octanol–water partition coefficient (Wildman–Crippen LogP) is 1.80. The number of carboxylic acid groups (broad SMARTS) is 2. The van der Waals surface area contributed by atoms with Crippen molar-refractivity contribution in [1.29, 1.82) is 0 Å². The lowest BCUT2D eigenvalue weighted by Gasteiger charge is -2.44. The van der Waals surface area contributed by atoms with Crippen LogP contribution >= 0.6 is 0 Å². The molecule has 2 atom stereocenters. The Balaban J connectivity index is 1.94. The molecule has 7 nitrogen and oxygen atoms in total. The minimum atomic E-state index is -1.54. The zero-order valence-corrected chi connectivity index (χ0v) is 14.4. The molecule has 1 aliphatic heterocycles. The van der Waals surface area contributed by atoms with Crippen LogP contribution in [0.4, 0.5) is 10.1 Å². The zero-order valence-electron chi connectivity index (χ0n) is 14.4. The maximum atomic E-state index is 13.5. The maximum Gasteiger partial charge on any atom is 0.354 e. The number of pyridine rings is 1. The van der Waals surface area contributed by atoms with Crippen molar-refractivity contribution in [2.45, 2.75) is 18.9 Å². The van der Waals surface area contributed by atoms with Crippen LogP contribution in [0.2, 0.25) is 0 Å². The molecule has 1 saturated heterocycles. The number of aliphatic hydroxyl groups excluding tert-OH is 1. The first-order valence-electron chi connectivity index (χ1n) is 8.42. The molecule has 2 heterocycles. The molecule has 3 N–H and O–H groups in total. The third kappa shape index (κ3) is 3.75. The van der Waals surface area contributed by atoms with Crippen molar-refractivity contribution in [1.82, 2.24) is 4.98 Å². The molecule has 8 heteroatoms. The standard InChI is InChI=1S/C19H19FN2O5/c20-13-3-1-2-12(8-13)10-19(18(26)27)11-22(7-5-16(19)23)14-4-6-21-15(9-14)17(24)25/h1-4,6,8-9,16,23H,5,7,10-11H2,(H,24,25)(H,26,27)/t16-,19+/m0/s1. The lowest BCUT2D eigenvalue weighted by molar-refractivity contribution is -0.157. The highest BCUT2D eigenvalue weighted by Gasteiger charge is 2.49. The number of anilines is 1. The fourth-order valence-electron chi connectivity index (χ4n) is 3.50. The van der Waals surface area contributed by atoms with Crippen LogP contribution in [0, 0.1) is 11.2 Å². The Labute approximate surface area is 154 Å². The van der Waals surface area contributed by atoms with E-state index in [1.54, 1.807) is 17.0 Å². The summed E-state index contributed by atoms with van der Waals surface area (Å²) in [7, 11) is 0. The molecule has 27 heavy (non-hydrogen) atoms. The number of aliphatic carboxylic acids is 1. The Morgan fingerprint density at radius 3 is 2.70 bits per heavy atom. The Morgan fingerprint density at radius 2 is 2.04 bits per heavy atom. The van der Waals surface area contributed by atoms with E-state index < -0.39 is 29.3 Å². The second-order valence-electron chi connectivity index (χ2n) is 6.70. The molecular weight excluding hydrogens is 355 g/mol. The van der Waals surface area contributed by atoms with E-state index in [0.29, 0.717) is 17.8 Å². The summed E-state index contributed by atoms with van der Waals surface area (Å²) in [6, 6.07) is 8.60. The maximum absolute atomic E-state index is 13.5. The largest absolute Gasteiger partial charge is 0.481 e. The molecule has 0 saturated carbocycles. The van der Waals surface area contributed by atoms with Gasteiger partial charge in [-0.3, -0.25) is 4.79 Å². The number of aliphatic hydroxyl groups is 1. The lowest BCUT2D eigenvalue weighted by atomic mass is 9.72. The van der Waals surface area contributed by atoms with Gasteiger partial charge in [0.25, 0.3) is 0 Å². The predicted molar refractivity (Wildman–Crippen MR) is 94.2 cm³/mol. The number of rotatable bonds is 5. The number of halogens is 1. The number of aromatic nitrogens is 1. The van der Waals surface area contributed by atoms with Gasteiger partial charge in [-0.15, -0.1) is 0 Å². The van der Waals surface area contributed by atoms with Crippen LogP contribution in [-0.4, -0.2) is 51.4 Å². The summed E-state index contributed by atoms with van der Waals surface area (Å²) in [5, 5.41) is 29.5. The third-order valence-electron chi connectivity index (χ3n) is 4.95. The molecule has 3 rings (SSSR count). The quantitative estimate of drug-likeness (QED) is 0.732. The van der Waals surface area contributed by atoms with Crippen molar-refractivity contribution in [3.8, 4) is 0 Å². The normalized spacial score (nSPS) is 22.4. The van der Waals surface area contributed by atoms with Gasteiger partial charge in [-0.05, 0) is 42.7 Å². The van der Waals surface area contributed by atoms with E-state index in [1.807, 2.05) is 0 Å². The zero-order chi connectivity index (χ0) is 19.6. The molecule has 0 bridgehead atoms. The van der Waals surface area contributed by atoms with E-state index in [0.717, 1.165) is 0 Å². The van der Waals surface area contributed by atoms with Gasteiger partial charge in [0.2, 0.25) is 0 Å². The van der Waals surface area contributed by atoms with Crippen LogP contribution in [0.5, 0.6) is 0 Å². The molecule has 1 aliphatic rings. The highest BCUT2D eigenvalue weighted by molar-refractivity contribution is 5.86. The highest BCUT2D eigenvalue weighted by atomic mass is 19.1. The van der Waals surface area contributed by atoms with Crippen molar-refractivity contribution >= 4 is 17.6 Å². The summed E-state index contributed by atoms with van der Waals surface area (Å²) in [6.45, 7) is 0.325. The highest BCUT2D eigenvalue weighted by Crippen LogP contribution is 2.36. The molecule has 142 valence electrons. The Kier molecular flexibility index (Phi) is 5.09. The van der Waals surface area contributed by atoms with E-state index >= 15 is 0 Å². The first-order chi connectivity index (χ1) is 12.8. The molecule has 0 unspecified atom stereocenters. The summed E-state index contributed by atoms with van der Waals surface area (Å²) in [5.74, 6) is -2.84. The van der Waals surface area contributed by atoms with Gasteiger partial charge in [-0.1, -0.05) is 12.1 Å². The second-order valence-corrected chi connectivity index (χ2v) is 6.70. The fourth-order valence-corrected chi connectivity index (χ4v) is 3.50. The van der Waals surface area contributed by atoms with Gasteiger partial charge in [-0.25, -0.2) is 14.2 Å². The fraction of sp³-hybridized carbons (Fsp3) is 0.316. The average molecular weight is 374 g/mol. The Hall–Kier alpha value is -3.00. The van der Waals surface area contributed by atoms with E-state index in [-0.39, 0.29) is 25.1 Å². The topological polar surface area (TPSA) is 111 Å². The van der Waals surface area contributed by atoms with Crippen LogP contribution in [0.1, 0.15) is 22.5 Å². The summed E-state index contributed by atoms with van der Waals surface area (Å²) in [5.41, 5.74) is -0.707. The summed E-state index contributed by atoms with van der Waals surface area (Å²) in [6.07, 6.45) is 0.370. The minimum absolute atomic E-state index is 0.0386. The number of piperidine rings is 1. The van der Waals surface area contributed by atoms with E-state index in [4.69, 9.17) is 5.11 Å². The molecule has 1 aromatic carbocycles.